The minimum Gasteiger partial charge on any atom is -0.439 e. The van der Waals surface area contributed by atoms with Crippen molar-refractivity contribution in [3.8, 4) is 11.6 Å². The molecule has 26 heavy (non-hydrogen) atoms. The van der Waals surface area contributed by atoms with Crippen LogP contribution in [0.4, 0.5) is 14.9 Å². The van der Waals surface area contributed by atoms with E-state index in [1.807, 2.05) is 0 Å². The number of carbonyl (C=O) groups is 2. The SMILES string of the molecule is CN1CCN(C(=O)Nc2ccc(Oc3ccc(F)cc3)nc2)CCC1=O. The molecule has 3 rings (SSSR count). The molecule has 8 heteroatoms. The number of hydrogen-bond donors (Lipinski definition) is 1. The van der Waals surface area contributed by atoms with E-state index >= 15 is 0 Å². The molecule has 1 fully saturated rings. The Morgan fingerprint density at radius 1 is 1.15 bits per heavy atom. The van der Waals surface area contributed by atoms with Crippen molar-refractivity contribution in [3.63, 3.8) is 0 Å². The van der Waals surface area contributed by atoms with Gasteiger partial charge in [-0.15, -0.1) is 0 Å². The smallest absolute Gasteiger partial charge is 0.321 e. The minimum absolute atomic E-state index is 0.0317. The number of halogens is 1. The van der Waals surface area contributed by atoms with Crippen molar-refractivity contribution in [1.29, 1.82) is 0 Å². The Labute approximate surface area is 150 Å². The number of nitrogens with zero attached hydrogens (tertiary/aromatic N) is 3. The van der Waals surface area contributed by atoms with E-state index in [-0.39, 0.29) is 17.8 Å². The van der Waals surface area contributed by atoms with Gasteiger partial charge in [-0.2, -0.15) is 0 Å². The molecular weight excluding hydrogens is 339 g/mol. The zero-order valence-electron chi connectivity index (χ0n) is 14.3. The summed E-state index contributed by atoms with van der Waals surface area (Å²) in [5.41, 5.74) is 0.519. The fraction of sp³-hybridized carbons (Fsp3) is 0.278. The molecule has 2 aromatic rings. The second kappa shape index (κ2) is 7.81. The number of likely N-dealkylation sites (N-methyl/N-ethyl adjacent to an activating group) is 1. The molecule has 1 N–H and O–H groups in total. The van der Waals surface area contributed by atoms with Gasteiger partial charge in [-0.25, -0.2) is 14.2 Å². The number of urea groups is 1. The summed E-state index contributed by atoms with van der Waals surface area (Å²) in [4.78, 5) is 31.4. The topological polar surface area (TPSA) is 74.8 Å². The first-order valence-corrected chi connectivity index (χ1v) is 8.20. The van der Waals surface area contributed by atoms with Crippen LogP contribution in [-0.4, -0.2) is 53.4 Å². The van der Waals surface area contributed by atoms with E-state index in [2.05, 4.69) is 10.3 Å². The predicted octanol–water partition coefficient (Wildman–Crippen LogP) is 2.71. The van der Waals surface area contributed by atoms with Crippen molar-refractivity contribution in [3.05, 3.63) is 48.4 Å². The van der Waals surface area contributed by atoms with Gasteiger partial charge in [-0.3, -0.25) is 4.79 Å². The maximum absolute atomic E-state index is 12.9. The number of pyridine rings is 1. The van der Waals surface area contributed by atoms with Crippen LogP contribution < -0.4 is 10.1 Å². The largest absolute Gasteiger partial charge is 0.439 e. The maximum atomic E-state index is 12.9. The van der Waals surface area contributed by atoms with E-state index in [1.54, 1.807) is 29.0 Å². The summed E-state index contributed by atoms with van der Waals surface area (Å²) in [6.45, 7) is 1.37. The average molecular weight is 358 g/mol. The Morgan fingerprint density at radius 3 is 2.62 bits per heavy atom. The first kappa shape index (κ1) is 17.7. The normalized spacial score (nSPS) is 14.8. The summed E-state index contributed by atoms with van der Waals surface area (Å²) in [6, 6.07) is 8.61. The number of anilines is 1. The van der Waals surface area contributed by atoms with Crippen LogP contribution >= 0.6 is 0 Å². The maximum Gasteiger partial charge on any atom is 0.321 e. The molecule has 0 radical (unpaired) electrons. The summed E-state index contributed by atoms with van der Waals surface area (Å²) < 4.78 is 18.4. The van der Waals surface area contributed by atoms with Crippen LogP contribution in [0.5, 0.6) is 11.6 Å². The Kier molecular flexibility index (Phi) is 5.31. The van der Waals surface area contributed by atoms with Crippen molar-refractivity contribution in [2.45, 2.75) is 6.42 Å². The monoisotopic (exact) mass is 358 g/mol. The van der Waals surface area contributed by atoms with Crippen LogP contribution in [0.3, 0.4) is 0 Å². The van der Waals surface area contributed by atoms with Gasteiger partial charge in [0.05, 0.1) is 11.9 Å². The molecule has 1 aliphatic heterocycles. The number of aromatic nitrogens is 1. The van der Waals surface area contributed by atoms with Crippen LogP contribution in [0.2, 0.25) is 0 Å². The molecule has 0 spiro atoms. The van der Waals surface area contributed by atoms with Crippen molar-refractivity contribution in [2.24, 2.45) is 0 Å². The number of carbonyl (C=O) groups excluding carboxylic acids is 2. The molecule has 136 valence electrons. The molecule has 1 aromatic heterocycles. The summed E-state index contributed by atoms with van der Waals surface area (Å²) in [7, 11) is 1.73. The second-order valence-corrected chi connectivity index (χ2v) is 5.92. The van der Waals surface area contributed by atoms with Gasteiger partial charge in [0.1, 0.15) is 11.6 Å². The summed E-state index contributed by atoms with van der Waals surface area (Å²) in [6.07, 6.45) is 1.79. The third kappa shape index (κ3) is 4.47. The molecule has 7 nitrogen and oxygen atoms in total. The van der Waals surface area contributed by atoms with Gasteiger partial charge in [0.25, 0.3) is 0 Å². The number of hydrogen-bond acceptors (Lipinski definition) is 4. The van der Waals surface area contributed by atoms with Gasteiger partial charge in [-0.1, -0.05) is 0 Å². The zero-order valence-corrected chi connectivity index (χ0v) is 14.3. The lowest BCUT2D eigenvalue weighted by Crippen LogP contribution is -2.37. The van der Waals surface area contributed by atoms with Gasteiger partial charge in [0, 0.05) is 39.2 Å². The molecule has 2 heterocycles. The average Bonchev–Trinajstić information content (AvgIpc) is 2.80. The Morgan fingerprint density at radius 2 is 1.92 bits per heavy atom. The lowest BCUT2D eigenvalue weighted by atomic mass is 10.3. The van der Waals surface area contributed by atoms with Crippen LogP contribution in [0.1, 0.15) is 6.42 Å². The summed E-state index contributed by atoms with van der Waals surface area (Å²) in [5, 5.41) is 2.76. The molecule has 0 unspecified atom stereocenters. The summed E-state index contributed by atoms with van der Waals surface area (Å²) in [5.74, 6) is 0.486. The zero-order chi connectivity index (χ0) is 18.5. The van der Waals surface area contributed by atoms with Crippen molar-refractivity contribution in [1.82, 2.24) is 14.8 Å². The number of benzene rings is 1. The third-order valence-corrected chi connectivity index (χ3v) is 4.04. The highest BCUT2D eigenvalue weighted by atomic mass is 19.1. The van der Waals surface area contributed by atoms with Crippen molar-refractivity contribution in [2.75, 3.05) is 32.0 Å². The summed E-state index contributed by atoms with van der Waals surface area (Å²) >= 11 is 0. The molecule has 1 saturated heterocycles. The molecule has 0 aliphatic carbocycles. The molecule has 0 saturated carbocycles. The Balaban J connectivity index is 1.57. The van der Waals surface area contributed by atoms with Crippen molar-refractivity contribution >= 4 is 17.6 Å². The fourth-order valence-electron chi connectivity index (χ4n) is 2.47. The quantitative estimate of drug-likeness (QED) is 0.915. The third-order valence-electron chi connectivity index (χ3n) is 4.04. The number of nitrogens with one attached hydrogen (secondary N) is 1. The van der Waals surface area contributed by atoms with Crippen LogP contribution in [-0.2, 0) is 4.79 Å². The van der Waals surface area contributed by atoms with Gasteiger partial charge < -0.3 is 19.9 Å². The van der Waals surface area contributed by atoms with E-state index in [4.69, 9.17) is 4.74 Å². The Hall–Kier alpha value is -3.16. The lowest BCUT2D eigenvalue weighted by molar-refractivity contribution is -0.129. The van der Waals surface area contributed by atoms with Gasteiger partial charge >= 0.3 is 6.03 Å². The van der Waals surface area contributed by atoms with E-state index in [0.29, 0.717) is 43.4 Å². The van der Waals surface area contributed by atoms with E-state index < -0.39 is 0 Å². The van der Waals surface area contributed by atoms with E-state index in [1.165, 1.54) is 30.5 Å². The van der Waals surface area contributed by atoms with E-state index in [9.17, 15) is 14.0 Å². The van der Waals surface area contributed by atoms with Gasteiger partial charge in [0.2, 0.25) is 11.8 Å². The first-order valence-electron chi connectivity index (χ1n) is 8.20. The van der Waals surface area contributed by atoms with Crippen LogP contribution in [0.25, 0.3) is 0 Å². The molecule has 1 aliphatic rings. The van der Waals surface area contributed by atoms with Crippen LogP contribution in [0, 0.1) is 5.82 Å². The van der Waals surface area contributed by atoms with Crippen LogP contribution in [0.15, 0.2) is 42.6 Å². The Bertz CT molecular complexity index is 780. The second-order valence-electron chi connectivity index (χ2n) is 5.92. The predicted molar refractivity (Wildman–Crippen MR) is 93.6 cm³/mol. The van der Waals surface area contributed by atoms with E-state index in [0.717, 1.165) is 0 Å². The molecule has 3 amide bonds. The molecule has 0 atom stereocenters. The van der Waals surface area contributed by atoms with Crippen molar-refractivity contribution < 1.29 is 18.7 Å². The minimum atomic E-state index is -0.343. The molecular formula is C18H19FN4O3. The fourth-order valence-corrected chi connectivity index (χ4v) is 2.47. The number of rotatable bonds is 3. The highest BCUT2D eigenvalue weighted by Gasteiger charge is 2.21. The highest BCUT2D eigenvalue weighted by molar-refractivity contribution is 5.89. The van der Waals surface area contributed by atoms with Gasteiger partial charge in [-0.05, 0) is 30.3 Å². The van der Waals surface area contributed by atoms with Gasteiger partial charge in [0.15, 0.2) is 0 Å². The standard InChI is InChI=1S/C18H19FN4O3/c1-22-10-11-23(9-8-17(22)24)18(25)21-14-4-7-16(20-12-14)26-15-5-2-13(19)3-6-15/h2-7,12H,8-11H2,1H3,(H,21,25). The molecule has 1 aromatic carbocycles. The first-order chi connectivity index (χ1) is 12.5. The highest BCUT2D eigenvalue weighted by Crippen LogP contribution is 2.20. The molecule has 0 bridgehead atoms. The number of amides is 3. The lowest BCUT2D eigenvalue weighted by Gasteiger charge is -2.20. The number of ether oxygens (including phenoxy) is 1.